The SMILES string of the molecule is CCN(CC)CCC(NN)c1ccc(Cl)cc1. The first-order chi connectivity index (χ1) is 8.21. The molecule has 0 amide bonds. The molecule has 0 aliphatic carbocycles. The Balaban J connectivity index is 2.56. The minimum atomic E-state index is 0.188. The van der Waals surface area contributed by atoms with Crippen molar-refractivity contribution < 1.29 is 0 Å². The zero-order chi connectivity index (χ0) is 12.7. The highest BCUT2D eigenvalue weighted by Crippen LogP contribution is 2.18. The second kappa shape index (κ2) is 7.67. The summed E-state index contributed by atoms with van der Waals surface area (Å²) in [4.78, 5) is 2.39. The molecule has 0 aromatic heterocycles. The monoisotopic (exact) mass is 255 g/mol. The van der Waals surface area contributed by atoms with Crippen LogP contribution in [0.4, 0.5) is 0 Å². The summed E-state index contributed by atoms with van der Waals surface area (Å²) < 4.78 is 0. The van der Waals surface area contributed by atoms with E-state index in [2.05, 4.69) is 24.2 Å². The Morgan fingerprint density at radius 3 is 2.29 bits per heavy atom. The molecule has 0 saturated heterocycles. The molecule has 1 rings (SSSR count). The van der Waals surface area contributed by atoms with Crippen molar-refractivity contribution in [1.29, 1.82) is 0 Å². The third-order valence-corrected chi connectivity index (χ3v) is 3.35. The molecule has 1 aromatic carbocycles. The summed E-state index contributed by atoms with van der Waals surface area (Å²) >= 11 is 5.87. The van der Waals surface area contributed by atoms with Gasteiger partial charge in [0.05, 0.1) is 0 Å². The summed E-state index contributed by atoms with van der Waals surface area (Å²) in [6.07, 6.45) is 1.000. The molecular weight excluding hydrogens is 234 g/mol. The number of halogens is 1. The van der Waals surface area contributed by atoms with Gasteiger partial charge < -0.3 is 4.90 Å². The maximum absolute atomic E-state index is 5.87. The lowest BCUT2D eigenvalue weighted by Gasteiger charge is -2.22. The van der Waals surface area contributed by atoms with Gasteiger partial charge in [-0.25, -0.2) is 0 Å². The maximum Gasteiger partial charge on any atom is 0.0472 e. The van der Waals surface area contributed by atoms with Gasteiger partial charge in [-0.15, -0.1) is 0 Å². The molecule has 0 saturated carbocycles. The van der Waals surface area contributed by atoms with Gasteiger partial charge in [-0.3, -0.25) is 11.3 Å². The standard InChI is InChI=1S/C13H22ClN3/c1-3-17(4-2)10-9-13(16-15)11-5-7-12(14)8-6-11/h5-8,13,16H,3-4,9-10,15H2,1-2H3. The first-order valence-electron chi connectivity index (χ1n) is 6.15. The van der Waals surface area contributed by atoms with Crippen LogP contribution in [0.5, 0.6) is 0 Å². The predicted molar refractivity (Wildman–Crippen MR) is 73.9 cm³/mol. The third-order valence-electron chi connectivity index (χ3n) is 3.10. The van der Waals surface area contributed by atoms with Crippen molar-refractivity contribution >= 4 is 11.6 Å². The van der Waals surface area contributed by atoms with E-state index in [1.165, 1.54) is 5.56 Å². The molecule has 0 aliphatic heterocycles. The predicted octanol–water partition coefficient (Wildman–Crippen LogP) is 2.58. The fourth-order valence-electron chi connectivity index (χ4n) is 1.89. The number of hydrazine groups is 1. The van der Waals surface area contributed by atoms with Crippen LogP contribution in [-0.2, 0) is 0 Å². The first-order valence-corrected chi connectivity index (χ1v) is 6.53. The molecule has 4 heteroatoms. The Labute approximate surface area is 109 Å². The second-order valence-electron chi connectivity index (χ2n) is 4.09. The summed E-state index contributed by atoms with van der Waals surface area (Å²) in [7, 11) is 0. The van der Waals surface area contributed by atoms with Crippen molar-refractivity contribution in [2.75, 3.05) is 19.6 Å². The number of nitrogens with two attached hydrogens (primary N) is 1. The normalized spacial score (nSPS) is 13.0. The van der Waals surface area contributed by atoms with Crippen molar-refractivity contribution in [3.63, 3.8) is 0 Å². The van der Waals surface area contributed by atoms with Crippen LogP contribution in [0.25, 0.3) is 0 Å². The van der Waals surface area contributed by atoms with Crippen LogP contribution in [0, 0.1) is 0 Å². The first kappa shape index (κ1) is 14.5. The van der Waals surface area contributed by atoms with Crippen LogP contribution in [0.15, 0.2) is 24.3 Å². The molecule has 96 valence electrons. The van der Waals surface area contributed by atoms with E-state index in [4.69, 9.17) is 17.4 Å². The Kier molecular flexibility index (Phi) is 6.52. The van der Waals surface area contributed by atoms with Crippen LogP contribution in [0.3, 0.4) is 0 Å². The van der Waals surface area contributed by atoms with Gasteiger partial charge in [-0.1, -0.05) is 37.6 Å². The second-order valence-corrected chi connectivity index (χ2v) is 4.52. The van der Waals surface area contributed by atoms with Crippen LogP contribution in [0.2, 0.25) is 5.02 Å². The fourth-order valence-corrected chi connectivity index (χ4v) is 2.02. The average molecular weight is 256 g/mol. The summed E-state index contributed by atoms with van der Waals surface area (Å²) in [6.45, 7) is 7.56. The highest BCUT2D eigenvalue weighted by Gasteiger charge is 2.10. The van der Waals surface area contributed by atoms with E-state index in [-0.39, 0.29) is 6.04 Å². The van der Waals surface area contributed by atoms with Crippen LogP contribution in [0.1, 0.15) is 31.9 Å². The zero-order valence-electron chi connectivity index (χ0n) is 10.6. The number of hydrogen-bond donors (Lipinski definition) is 2. The third kappa shape index (κ3) is 4.64. The van der Waals surface area contributed by atoms with Gasteiger partial charge in [0.2, 0.25) is 0 Å². The number of benzene rings is 1. The van der Waals surface area contributed by atoms with E-state index < -0.39 is 0 Å². The van der Waals surface area contributed by atoms with E-state index >= 15 is 0 Å². The molecular formula is C13H22ClN3. The van der Waals surface area contributed by atoms with Crippen molar-refractivity contribution in [1.82, 2.24) is 10.3 Å². The number of nitrogens with zero attached hydrogens (tertiary/aromatic N) is 1. The van der Waals surface area contributed by atoms with Gasteiger partial charge in [-0.05, 0) is 43.8 Å². The van der Waals surface area contributed by atoms with Gasteiger partial charge in [0.25, 0.3) is 0 Å². The van der Waals surface area contributed by atoms with Crippen LogP contribution >= 0.6 is 11.6 Å². The molecule has 0 aliphatic rings. The number of nitrogens with one attached hydrogen (secondary N) is 1. The Hall–Kier alpha value is -0.610. The van der Waals surface area contributed by atoms with Crippen molar-refractivity contribution in [2.24, 2.45) is 5.84 Å². The van der Waals surface area contributed by atoms with E-state index in [1.807, 2.05) is 24.3 Å². The Morgan fingerprint density at radius 1 is 1.24 bits per heavy atom. The lowest BCUT2D eigenvalue weighted by Crippen LogP contribution is -2.32. The highest BCUT2D eigenvalue weighted by atomic mass is 35.5. The molecule has 0 spiro atoms. The summed E-state index contributed by atoms with van der Waals surface area (Å²) in [6, 6.07) is 8.04. The van der Waals surface area contributed by atoms with Gasteiger partial charge >= 0.3 is 0 Å². The lowest BCUT2D eigenvalue weighted by atomic mass is 10.0. The van der Waals surface area contributed by atoms with Gasteiger partial charge in [0.15, 0.2) is 0 Å². The number of rotatable bonds is 7. The molecule has 3 N–H and O–H groups in total. The lowest BCUT2D eigenvalue weighted by molar-refractivity contribution is 0.282. The van der Waals surface area contributed by atoms with Gasteiger partial charge in [0, 0.05) is 11.1 Å². The van der Waals surface area contributed by atoms with E-state index in [0.29, 0.717) is 0 Å². The van der Waals surface area contributed by atoms with E-state index in [9.17, 15) is 0 Å². The van der Waals surface area contributed by atoms with Crippen molar-refractivity contribution in [3.8, 4) is 0 Å². The molecule has 17 heavy (non-hydrogen) atoms. The molecule has 1 unspecified atom stereocenters. The molecule has 0 heterocycles. The topological polar surface area (TPSA) is 41.3 Å². The van der Waals surface area contributed by atoms with Crippen LogP contribution < -0.4 is 11.3 Å². The largest absolute Gasteiger partial charge is 0.304 e. The minimum Gasteiger partial charge on any atom is -0.304 e. The zero-order valence-corrected chi connectivity index (χ0v) is 11.4. The maximum atomic E-state index is 5.87. The highest BCUT2D eigenvalue weighted by molar-refractivity contribution is 6.30. The Morgan fingerprint density at radius 2 is 1.82 bits per heavy atom. The van der Waals surface area contributed by atoms with Crippen molar-refractivity contribution in [3.05, 3.63) is 34.9 Å². The van der Waals surface area contributed by atoms with Crippen LogP contribution in [-0.4, -0.2) is 24.5 Å². The van der Waals surface area contributed by atoms with Crippen molar-refractivity contribution in [2.45, 2.75) is 26.3 Å². The summed E-state index contributed by atoms with van der Waals surface area (Å²) in [5, 5.41) is 0.758. The quantitative estimate of drug-likeness (QED) is 0.581. The minimum absolute atomic E-state index is 0.188. The fraction of sp³-hybridized carbons (Fsp3) is 0.538. The van der Waals surface area contributed by atoms with Gasteiger partial charge in [-0.2, -0.15) is 0 Å². The Bertz CT molecular complexity index is 309. The molecule has 0 bridgehead atoms. The summed E-state index contributed by atoms with van der Waals surface area (Å²) in [5.74, 6) is 5.61. The molecule has 1 atom stereocenters. The number of hydrogen-bond acceptors (Lipinski definition) is 3. The summed E-state index contributed by atoms with van der Waals surface area (Å²) in [5.41, 5.74) is 4.06. The van der Waals surface area contributed by atoms with E-state index in [1.54, 1.807) is 0 Å². The average Bonchev–Trinajstić information content (AvgIpc) is 2.36. The molecule has 0 radical (unpaired) electrons. The van der Waals surface area contributed by atoms with Gasteiger partial charge in [0.1, 0.15) is 0 Å². The smallest absolute Gasteiger partial charge is 0.0472 e. The molecule has 0 fully saturated rings. The molecule has 1 aromatic rings. The van der Waals surface area contributed by atoms with E-state index in [0.717, 1.165) is 31.1 Å². The molecule has 3 nitrogen and oxygen atoms in total.